The topological polar surface area (TPSA) is 72.1 Å². The summed E-state index contributed by atoms with van der Waals surface area (Å²) in [5, 5.41) is 11.5. The number of hydrogen-bond acceptors (Lipinski definition) is 7. The van der Waals surface area contributed by atoms with Crippen molar-refractivity contribution < 1.29 is 4.74 Å². The highest BCUT2D eigenvalue weighted by Gasteiger charge is 2.29. The van der Waals surface area contributed by atoms with Gasteiger partial charge in [-0.2, -0.15) is 14.6 Å². The van der Waals surface area contributed by atoms with Gasteiger partial charge < -0.3 is 4.74 Å². The first kappa shape index (κ1) is 25.9. The van der Waals surface area contributed by atoms with Crippen LogP contribution >= 0.6 is 11.3 Å². The van der Waals surface area contributed by atoms with Crippen molar-refractivity contribution in [3.8, 4) is 5.75 Å². The third-order valence-corrected chi connectivity index (χ3v) is 8.23. The molecule has 1 aliphatic heterocycles. The van der Waals surface area contributed by atoms with Crippen molar-refractivity contribution in [2.45, 2.75) is 26.0 Å². The number of aryl methyl sites for hydroxylation is 1. The molecule has 0 fully saturated rings. The van der Waals surface area contributed by atoms with Crippen LogP contribution in [0.1, 0.15) is 40.5 Å². The number of hydrogen-bond donors (Lipinski definition) is 0. The molecule has 8 heteroatoms. The highest BCUT2D eigenvalue weighted by Crippen LogP contribution is 2.36. The molecule has 1 atom stereocenters. The van der Waals surface area contributed by atoms with Gasteiger partial charge in [0, 0.05) is 6.42 Å². The van der Waals surface area contributed by atoms with E-state index in [1.165, 1.54) is 21.4 Å². The molecular formula is C34H27N5O2S. The van der Waals surface area contributed by atoms with E-state index in [2.05, 4.69) is 63.6 Å². The molecule has 0 radical (unpaired) electrons. The van der Waals surface area contributed by atoms with Crippen LogP contribution in [0.25, 0.3) is 11.0 Å². The van der Waals surface area contributed by atoms with E-state index in [1.54, 1.807) is 0 Å². The summed E-state index contributed by atoms with van der Waals surface area (Å²) < 4.78 is 7.71. The van der Waals surface area contributed by atoms with E-state index in [0.29, 0.717) is 15.3 Å². The first-order chi connectivity index (χ1) is 20.6. The Morgan fingerprint density at radius 1 is 0.905 bits per heavy atom. The number of hydrazone groups is 1. The van der Waals surface area contributed by atoms with E-state index in [4.69, 9.17) is 9.84 Å². The van der Waals surface area contributed by atoms with Gasteiger partial charge in [-0.3, -0.25) is 9.80 Å². The predicted molar refractivity (Wildman–Crippen MR) is 167 cm³/mol. The molecule has 0 saturated heterocycles. The molecule has 3 heterocycles. The van der Waals surface area contributed by atoms with E-state index in [-0.39, 0.29) is 18.2 Å². The van der Waals surface area contributed by atoms with Crippen molar-refractivity contribution in [3.05, 3.63) is 152 Å². The van der Waals surface area contributed by atoms with Crippen molar-refractivity contribution in [1.29, 1.82) is 0 Å². The molecule has 0 N–H and O–H groups in total. The summed E-state index contributed by atoms with van der Waals surface area (Å²) in [5.41, 5.74) is 6.31. The minimum absolute atomic E-state index is 0.102. The molecule has 0 spiro atoms. The largest absolute Gasteiger partial charge is 0.486 e. The first-order valence-electron chi connectivity index (χ1n) is 13.8. The van der Waals surface area contributed by atoms with E-state index in [1.807, 2.05) is 73.7 Å². The minimum atomic E-state index is -0.186. The van der Waals surface area contributed by atoms with Gasteiger partial charge in [0.05, 0.1) is 22.0 Å². The fourth-order valence-corrected chi connectivity index (χ4v) is 6.01. The molecular weight excluding hydrogens is 542 g/mol. The molecule has 6 aromatic rings. The standard InChI is InChI=1S/C34H27N5O2S/c1-23-12-18-28(19-13-23)41-22-32-35-34-39(37-32)33(40)31(42-34)20-24-14-16-27(17-15-24)38-30(26-10-6-3-7-11-26)21-29(36-38)25-8-4-2-5-9-25/h2-20,30H,21-22H2,1H3/b31-20-. The molecule has 42 heavy (non-hydrogen) atoms. The molecule has 1 aliphatic rings. The molecule has 7 rings (SSSR count). The van der Waals surface area contributed by atoms with Crippen LogP contribution in [0.5, 0.6) is 5.75 Å². The Hall–Kier alpha value is -5.08. The minimum Gasteiger partial charge on any atom is -0.486 e. The van der Waals surface area contributed by atoms with Gasteiger partial charge in [-0.15, -0.1) is 5.10 Å². The molecule has 4 aromatic carbocycles. The van der Waals surface area contributed by atoms with Crippen LogP contribution in [-0.4, -0.2) is 20.3 Å². The summed E-state index contributed by atoms with van der Waals surface area (Å²) in [6.45, 7) is 2.23. The summed E-state index contributed by atoms with van der Waals surface area (Å²) in [7, 11) is 0. The maximum absolute atomic E-state index is 13.1. The number of nitrogens with zero attached hydrogens (tertiary/aromatic N) is 5. The Bertz CT molecular complexity index is 1980. The van der Waals surface area contributed by atoms with E-state index in [0.717, 1.165) is 40.3 Å². The lowest BCUT2D eigenvalue weighted by molar-refractivity contribution is 0.296. The second-order valence-corrected chi connectivity index (χ2v) is 11.2. The van der Waals surface area contributed by atoms with Gasteiger partial charge in [0.1, 0.15) is 12.4 Å². The Labute approximate surface area is 246 Å². The SMILES string of the molecule is Cc1ccc(OCc2nc3s/c(=C\c4ccc(N5N=C(c6ccccc6)CC5c5ccccc5)cc4)c(=O)n3n2)cc1. The molecule has 0 saturated carbocycles. The molecule has 2 aromatic heterocycles. The van der Waals surface area contributed by atoms with Crippen molar-refractivity contribution in [2.24, 2.45) is 5.10 Å². The summed E-state index contributed by atoms with van der Waals surface area (Å²) in [4.78, 5) is 18.1. The number of benzene rings is 4. The average molecular weight is 570 g/mol. The van der Waals surface area contributed by atoms with E-state index >= 15 is 0 Å². The highest BCUT2D eigenvalue weighted by molar-refractivity contribution is 7.15. The molecule has 1 unspecified atom stereocenters. The number of fused-ring (bicyclic) bond motifs is 1. The zero-order chi connectivity index (χ0) is 28.5. The van der Waals surface area contributed by atoms with E-state index in [9.17, 15) is 4.79 Å². The Morgan fingerprint density at radius 3 is 2.33 bits per heavy atom. The maximum atomic E-state index is 13.1. The van der Waals surface area contributed by atoms with Gasteiger partial charge >= 0.3 is 0 Å². The van der Waals surface area contributed by atoms with Crippen molar-refractivity contribution in [2.75, 3.05) is 5.01 Å². The summed E-state index contributed by atoms with van der Waals surface area (Å²) in [6.07, 6.45) is 2.70. The van der Waals surface area contributed by atoms with Gasteiger partial charge in [0.2, 0.25) is 4.96 Å². The third kappa shape index (κ3) is 5.20. The zero-order valence-corrected chi connectivity index (χ0v) is 23.7. The lowest BCUT2D eigenvalue weighted by atomic mass is 9.98. The van der Waals surface area contributed by atoms with Crippen molar-refractivity contribution >= 4 is 33.8 Å². The van der Waals surface area contributed by atoms with Crippen LogP contribution in [-0.2, 0) is 6.61 Å². The third-order valence-electron chi connectivity index (χ3n) is 7.27. The monoisotopic (exact) mass is 569 g/mol. The molecule has 7 nitrogen and oxygen atoms in total. The first-order valence-corrected chi connectivity index (χ1v) is 14.6. The second-order valence-electron chi connectivity index (χ2n) is 10.2. The quantitative estimate of drug-likeness (QED) is 0.238. The predicted octanol–water partition coefficient (Wildman–Crippen LogP) is 5.94. The number of aromatic nitrogens is 3. The molecule has 0 amide bonds. The molecule has 0 bridgehead atoms. The van der Waals surface area contributed by atoms with Crippen molar-refractivity contribution in [3.63, 3.8) is 0 Å². The van der Waals surface area contributed by atoms with Gasteiger partial charge in [-0.25, -0.2) is 0 Å². The Balaban J connectivity index is 1.13. The smallest absolute Gasteiger partial charge is 0.291 e. The lowest BCUT2D eigenvalue weighted by Crippen LogP contribution is -2.24. The normalized spacial score (nSPS) is 15.4. The van der Waals surface area contributed by atoms with Crippen LogP contribution in [0.3, 0.4) is 0 Å². The van der Waals surface area contributed by atoms with Crippen LogP contribution in [0.4, 0.5) is 5.69 Å². The maximum Gasteiger partial charge on any atom is 0.291 e. The summed E-state index contributed by atoms with van der Waals surface area (Å²) in [6, 6.07) is 36.8. The van der Waals surface area contributed by atoms with Gasteiger partial charge in [-0.1, -0.05) is 102 Å². The molecule has 0 aliphatic carbocycles. The average Bonchev–Trinajstić information content (AvgIpc) is 3.73. The summed E-state index contributed by atoms with van der Waals surface area (Å²) >= 11 is 1.32. The lowest BCUT2D eigenvalue weighted by Gasteiger charge is -2.24. The number of anilines is 1. The fourth-order valence-electron chi connectivity index (χ4n) is 5.08. The number of ether oxygens (including phenoxy) is 1. The Kier molecular flexibility index (Phi) is 6.81. The molecule has 206 valence electrons. The van der Waals surface area contributed by atoms with Crippen LogP contribution in [0.2, 0.25) is 0 Å². The number of rotatable bonds is 7. The summed E-state index contributed by atoms with van der Waals surface area (Å²) in [5.74, 6) is 1.22. The second kappa shape index (κ2) is 11.1. The van der Waals surface area contributed by atoms with Gasteiger partial charge in [0.15, 0.2) is 5.82 Å². The fraction of sp³-hybridized carbons (Fsp3) is 0.118. The Morgan fingerprint density at radius 2 is 1.62 bits per heavy atom. The van der Waals surface area contributed by atoms with Gasteiger partial charge in [0.25, 0.3) is 5.56 Å². The highest BCUT2D eigenvalue weighted by atomic mass is 32.1. The zero-order valence-electron chi connectivity index (χ0n) is 22.9. The van der Waals surface area contributed by atoms with Crippen LogP contribution in [0.15, 0.2) is 119 Å². The van der Waals surface area contributed by atoms with Gasteiger partial charge in [-0.05, 0) is 54.0 Å². The van der Waals surface area contributed by atoms with E-state index < -0.39 is 0 Å². The van der Waals surface area contributed by atoms with Crippen LogP contribution < -0.4 is 19.8 Å². The van der Waals surface area contributed by atoms with Crippen molar-refractivity contribution in [1.82, 2.24) is 14.6 Å². The number of thiazole rings is 1. The van der Waals surface area contributed by atoms with Crippen LogP contribution in [0, 0.1) is 6.92 Å².